The van der Waals surface area contributed by atoms with Gasteiger partial charge in [0.1, 0.15) is 5.82 Å². The molecule has 2 heterocycles. The summed E-state index contributed by atoms with van der Waals surface area (Å²) in [6.45, 7) is 4.85. The van der Waals surface area contributed by atoms with E-state index in [1.807, 2.05) is 0 Å². The van der Waals surface area contributed by atoms with Crippen molar-refractivity contribution in [1.29, 1.82) is 0 Å². The molecule has 0 N–H and O–H groups in total. The third-order valence-corrected chi connectivity index (χ3v) is 4.98. The summed E-state index contributed by atoms with van der Waals surface area (Å²) >= 11 is 0. The number of ketones is 1. The number of halogens is 1. The molecule has 0 amide bonds. The van der Waals surface area contributed by atoms with E-state index in [1.165, 1.54) is 0 Å². The van der Waals surface area contributed by atoms with Crippen molar-refractivity contribution in [2.75, 3.05) is 20.3 Å². The Morgan fingerprint density at radius 2 is 1.71 bits per heavy atom. The second kappa shape index (κ2) is 5.50. The summed E-state index contributed by atoms with van der Waals surface area (Å²) in [7, 11) is 2.12. The first kappa shape index (κ1) is 14.7. The van der Waals surface area contributed by atoms with E-state index >= 15 is 0 Å². The zero-order chi connectivity index (χ0) is 15.1. The number of Topliss-reactive ketones (excluding diaryl/α,β-unsaturated/α-hetero) is 1. The summed E-state index contributed by atoms with van der Waals surface area (Å²) in [4.78, 5) is 15.1. The molecule has 0 saturated carbocycles. The average Bonchev–Trinajstić information content (AvgIpc) is 2.43. The van der Waals surface area contributed by atoms with Gasteiger partial charge in [-0.15, -0.1) is 0 Å². The van der Waals surface area contributed by atoms with Crippen LogP contribution in [0.25, 0.3) is 0 Å². The normalized spacial score (nSPS) is 29.4. The van der Waals surface area contributed by atoms with Crippen molar-refractivity contribution >= 4 is 5.78 Å². The van der Waals surface area contributed by atoms with Crippen LogP contribution in [0.2, 0.25) is 0 Å². The monoisotopic (exact) mass is 291 g/mol. The highest BCUT2D eigenvalue weighted by atomic mass is 19.1. The molecule has 0 spiro atoms. The number of rotatable bonds is 2. The van der Waals surface area contributed by atoms with E-state index in [0.717, 1.165) is 12.8 Å². The van der Waals surface area contributed by atoms with Crippen LogP contribution in [0.4, 0.5) is 4.39 Å². The van der Waals surface area contributed by atoms with Crippen LogP contribution in [0.3, 0.4) is 0 Å². The van der Waals surface area contributed by atoms with Crippen molar-refractivity contribution < 1.29 is 13.9 Å². The number of carbonyl (C=O) groups excluding carboxylic acids is 1. The number of morpholine rings is 1. The molecule has 3 nitrogen and oxygen atoms in total. The van der Waals surface area contributed by atoms with Crippen molar-refractivity contribution in [1.82, 2.24) is 4.90 Å². The van der Waals surface area contributed by atoms with Crippen LogP contribution in [-0.4, -0.2) is 43.0 Å². The second-order valence-electron chi connectivity index (χ2n) is 6.47. The van der Waals surface area contributed by atoms with Crippen molar-refractivity contribution in [2.24, 2.45) is 5.92 Å². The van der Waals surface area contributed by atoms with Crippen molar-refractivity contribution in [2.45, 2.75) is 38.8 Å². The number of fused-ring (bicyclic) bond motifs is 2. The van der Waals surface area contributed by atoms with Gasteiger partial charge in [0.2, 0.25) is 0 Å². The lowest BCUT2D eigenvalue weighted by atomic mass is 9.80. The first-order chi connectivity index (χ1) is 9.97. The van der Waals surface area contributed by atoms with Crippen LogP contribution >= 0.6 is 0 Å². The number of carbonyl (C=O) groups is 1. The minimum atomic E-state index is -0.208. The maximum Gasteiger partial charge on any atom is 0.166 e. The Kier molecular flexibility index (Phi) is 3.84. The lowest BCUT2D eigenvalue weighted by molar-refractivity contribution is -0.0702. The van der Waals surface area contributed by atoms with Crippen LogP contribution in [-0.2, 0) is 4.74 Å². The average molecular weight is 291 g/mol. The van der Waals surface area contributed by atoms with E-state index in [9.17, 15) is 9.18 Å². The van der Waals surface area contributed by atoms with Crippen LogP contribution < -0.4 is 0 Å². The van der Waals surface area contributed by atoms with Gasteiger partial charge in [-0.25, -0.2) is 4.39 Å². The topological polar surface area (TPSA) is 29.5 Å². The number of ether oxygens (including phenoxy) is 1. The molecule has 2 unspecified atom stereocenters. The maximum absolute atomic E-state index is 13.7. The molecule has 1 aromatic rings. The molecule has 2 aliphatic heterocycles. The van der Waals surface area contributed by atoms with E-state index in [4.69, 9.17) is 4.74 Å². The van der Waals surface area contributed by atoms with Crippen LogP contribution in [0.5, 0.6) is 0 Å². The van der Waals surface area contributed by atoms with E-state index in [0.29, 0.717) is 42.0 Å². The quantitative estimate of drug-likeness (QED) is 0.785. The summed E-state index contributed by atoms with van der Waals surface area (Å²) in [5, 5.41) is 0. The van der Waals surface area contributed by atoms with Gasteiger partial charge in [0.05, 0.1) is 13.2 Å². The Balaban J connectivity index is 1.83. The van der Waals surface area contributed by atoms with Crippen molar-refractivity contribution in [3.05, 3.63) is 34.6 Å². The summed E-state index contributed by atoms with van der Waals surface area (Å²) in [6.07, 6.45) is 1.67. The predicted molar refractivity (Wildman–Crippen MR) is 79.1 cm³/mol. The van der Waals surface area contributed by atoms with Gasteiger partial charge in [-0.2, -0.15) is 0 Å². The third kappa shape index (κ3) is 2.62. The van der Waals surface area contributed by atoms with Crippen molar-refractivity contribution in [3.63, 3.8) is 0 Å². The number of aryl methyl sites for hydroxylation is 2. The standard InChI is InChI=1S/C17H22FNO2/c1-10-4-12(5-11(2)16(10)18)17(20)13-6-14-8-21-9-15(7-13)19(14)3/h4-5,13-15H,6-9H2,1-3H3. The molecular weight excluding hydrogens is 269 g/mol. The van der Waals surface area contributed by atoms with Crippen LogP contribution in [0, 0.1) is 25.6 Å². The van der Waals surface area contributed by atoms with Crippen LogP contribution in [0.15, 0.2) is 12.1 Å². The van der Waals surface area contributed by atoms with Crippen molar-refractivity contribution in [3.8, 4) is 0 Å². The van der Waals surface area contributed by atoms with Gasteiger partial charge in [-0.1, -0.05) is 0 Å². The number of likely N-dealkylation sites (N-methyl/N-ethyl adjacent to an activating group) is 1. The van der Waals surface area contributed by atoms with Gasteiger partial charge in [0.15, 0.2) is 5.78 Å². The molecule has 0 aliphatic carbocycles. The Hall–Kier alpha value is -1.26. The largest absolute Gasteiger partial charge is 0.378 e. The number of benzene rings is 1. The molecule has 2 fully saturated rings. The van der Waals surface area contributed by atoms with Gasteiger partial charge in [0.25, 0.3) is 0 Å². The fourth-order valence-corrected chi connectivity index (χ4v) is 3.63. The smallest absolute Gasteiger partial charge is 0.166 e. The summed E-state index contributed by atoms with van der Waals surface area (Å²) < 4.78 is 19.3. The predicted octanol–water partition coefficient (Wildman–Crippen LogP) is 2.73. The van der Waals surface area contributed by atoms with Gasteiger partial charge < -0.3 is 4.74 Å². The molecule has 2 bridgehead atoms. The molecule has 2 atom stereocenters. The highest BCUT2D eigenvalue weighted by molar-refractivity contribution is 5.98. The highest BCUT2D eigenvalue weighted by Gasteiger charge is 2.39. The minimum Gasteiger partial charge on any atom is -0.378 e. The Bertz CT molecular complexity index is 535. The van der Waals surface area contributed by atoms with Gasteiger partial charge in [-0.05, 0) is 57.0 Å². The number of hydrogen-bond donors (Lipinski definition) is 0. The zero-order valence-electron chi connectivity index (χ0n) is 12.9. The summed E-state index contributed by atoms with van der Waals surface area (Å²) in [6, 6.07) is 4.04. The molecule has 2 aliphatic rings. The molecule has 1 aromatic carbocycles. The fraction of sp³-hybridized carbons (Fsp3) is 0.588. The van der Waals surface area contributed by atoms with E-state index in [-0.39, 0.29) is 17.5 Å². The molecule has 3 rings (SSSR count). The fourth-order valence-electron chi connectivity index (χ4n) is 3.63. The molecule has 4 heteroatoms. The summed E-state index contributed by atoms with van der Waals surface area (Å²) in [5.74, 6) is -0.0178. The van der Waals surface area contributed by atoms with Gasteiger partial charge in [0, 0.05) is 23.6 Å². The molecule has 2 saturated heterocycles. The third-order valence-electron chi connectivity index (χ3n) is 4.98. The van der Waals surface area contributed by atoms with E-state index in [1.54, 1.807) is 26.0 Å². The zero-order valence-corrected chi connectivity index (χ0v) is 12.9. The SMILES string of the molecule is Cc1cc(C(=O)C2CC3COCC(C2)N3C)cc(C)c1F. The number of hydrogen-bond acceptors (Lipinski definition) is 3. The molecule has 114 valence electrons. The van der Waals surface area contributed by atoms with E-state index in [2.05, 4.69) is 11.9 Å². The Morgan fingerprint density at radius 1 is 1.19 bits per heavy atom. The number of piperidine rings is 1. The minimum absolute atomic E-state index is 0.0318. The first-order valence-electron chi connectivity index (χ1n) is 7.58. The lowest BCUT2D eigenvalue weighted by Gasteiger charge is -2.46. The second-order valence-corrected chi connectivity index (χ2v) is 6.47. The van der Waals surface area contributed by atoms with Crippen LogP contribution in [0.1, 0.15) is 34.3 Å². The molecular formula is C17H22FNO2. The van der Waals surface area contributed by atoms with E-state index < -0.39 is 0 Å². The highest BCUT2D eigenvalue weighted by Crippen LogP contribution is 2.32. The Labute approximate surface area is 125 Å². The molecule has 21 heavy (non-hydrogen) atoms. The van der Waals surface area contributed by atoms with Gasteiger partial charge >= 0.3 is 0 Å². The maximum atomic E-state index is 13.7. The number of nitrogens with zero attached hydrogens (tertiary/aromatic N) is 1. The van der Waals surface area contributed by atoms with Gasteiger partial charge in [-0.3, -0.25) is 9.69 Å². The Morgan fingerprint density at radius 3 is 2.24 bits per heavy atom. The molecule has 0 aromatic heterocycles. The molecule has 0 radical (unpaired) electrons. The first-order valence-corrected chi connectivity index (χ1v) is 7.58. The summed E-state index contributed by atoms with van der Waals surface area (Å²) in [5.41, 5.74) is 1.75. The lowest BCUT2D eigenvalue weighted by Crippen LogP contribution is -2.55.